The third-order valence-electron chi connectivity index (χ3n) is 1.74. The smallest absolute Gasteiger partial charge is 0.393 e. The van der Waals surface area contributed by atoms with Crippen LogP contribution in [0.2, 0.25) is 0 Å². The summed E-state index contributed by atoms with van der Waals surface area (Å²) in [5.41, 5.74) is 0.844. The van der Waals surface area contributed by atoms with Crippen LogP contribution < -0.4 is 10.1 Å². The second-order valence-corrected chi connectivity index (χ2v) is 3.48. The molecule has 0 atom stereocenters. The zero-order valence-electron chi connectivity index (χ0n) is 9.45. The molecule has 1 aromatic rings. The van der Waals surface area contributed by atoms with E-state index < -0.39 is 0 Å². The lowest BCUT2D eigenvalue weighted by atomic mass is 10.4. The molecule has 0 spiro atoms. The Kier molecular flexibility index (Phi) is 5.14. The summed E-state index contributed by atoms with van der Waals surface area (Å²) in [6.07, 6.45) is 1.89. The van der Waals surface area contributed by atoms with Gasteiger partial charge in [0.15, 0.2) is 0 Å². The first-order valence-corrected chi connectivity index (χ1v) is 5.02. The van der Waals surface area contributed by atoms with Crippen LogP contribution >= 0.6 is 0 Å². The molecule has 1 N–H and O–H groups in total. The monoisotopic (exact) mass is 214 g/mol. The summed E-state index contributed by atoms with van der Waals surface area (Å²) in [7, 11) is 1.62. The van der Waals surface area contributed by atoms with Crippen LogP contribution in [0.15, 0.2) is 10.7 Å². The molecule has 15 heavy (non-hydrogen) atoms. The highest BCUT2D eigenvalue weighted by molar-refractivity contribution is 4.99. The molecule has 86 valence electrons. The largest absolute Gasteiger partial charge is 0.448 e. The van der Waals surface area contributed by atoms with Crippen molar-refractivity contribution in [2.75, 3.05) is 20.3 Å². The number of nitrogens with one attached hydrogen (secondary N) is 1. The summed E-state index contributed by atoms with van der Waals surface area (Å²) in [5.74, 6) is 0. The van der Waals surface area contributed by atoms with E-state index in [1.807, 2.05) is 0 Å². The minimum atomic E-state index is 0.299. The number of methoxy groups -OCH3 is 1. The molecule has 5 nitrogen and oxygen atoms in total. The first-order valence-electron chi connectivity index (χ1n) is 5.02. The zero-order chi connectivity index (χ0) is 11.1. The molecule has 0 aliphatic heterocycles. The third-order valence-corrected chi connectivity index (χ3v) is 1.74. The number of hydrogen-bond acceptors (Lipinski definition) is 5. The normalized spacial score (nSPS) is 10.9. The van der Waals surface area contributed by atoms with Crippen molar-refractivity contribution in [3.05, 3.63) is 12.0 Å². The number of aromatic nitrogens is 1. The van der Waals surface area contributed by atoms with E-state index in [0.29, 0.717) is 31.9 Å². The summed E-state index contributed by atoms with van der Waals surface area (Å²) in [4.78, 5) is 4.15. The van der Waals surface area contributed by atoms with Gasteiger partial charge in [-0.3, -0.25) is 0 Å². The Morgan fingerprint density at radius 1 is 1.47 bits per heavy atom. The molecular weight excluding hydrogens is 196 g/mol. The molecule has 0 unspecified atom stereocenters. The van der Waals surface area contributed by atoms with Gasteiger partial charge in [-0.15, -0.1) is 0 Å². The predicted octanol–water partition coefficient (Wildman–Crippen LogP) is 1.20. The van der Waals surface area contributed by atoms with Gasteiger partial charge in [-0.2, -0.15) is 4.98 Å². The summed E-state index contributed by atoms with van der Waals surface area (Å²) >= 11 is 0. The van der Waals surface area contributed by atoms with Crippen molar-refractivity contribution in [2.24, 2.45) is 0 Å². The van der Waals surface area contributed by atoms with Crippen molar-refractivity contribution in [1.82, 2.24) is 10.3 Å². The molecule has 0 bridgehead atoms. The number of nitrogens with zero attached hydrogens (tertiary/aromatic N) is 1. The second kappa shape index (κ2) is 6.42. The number of oxazole rings is 1. The van der Waals surface area contributed by atoms with E-state index in [1.165, 1.54) is 0 Å². The molecular formula is C10H18N2O3. The van der Waals surface area contributed by atoms with Gasteiger partial charge in [0.1, 0.15) is 12.9 Å². The zero-order valence-corrected chi connectivity index (χ0v) is 9.45. The van der Waals surface area contributed by atoms with Gasteiger partial charge in [0.05, 0.1) is 12.3 Å². The molecule has 0 fully saturated rings. The van der Waals surface area contributed by atoms with Crippen LogP contribution in [-0.2, 0) is 11.3 Å². The summed E-state index contributed by atoms with van der Waals surface area (Å²) in [5, 5.41) is 3.24. The van der Waals surface area contributed by atoms with Crippen LogP contribution in [-0.4, -0.2) is 31.3 Å². The Morgan fingerprint density at radius 2 is 2.27 bits per heavy atom. The maximum atomic E-state index is 5.20. The Bertz CT molecular complexity index is 273. The highest BCUT2D eigenvalue weighted by Crippen LogP contribution is 2.09. The molecule has 1 aromatic heterocycles. The molecule has 0 aromatic carbocycles. The van der Waals surface area contributed by atoms with Crippen LogP contribution in [0.1, 0.15) is 19.5 Å². The van der Waals surface area contributed by atoms with Gasteiger partial charge in [-0.1, -0.05) is 13.8 Å². The van der Waals surface area contributed by atoms with Crippen molar-refractivity contribution in [2.45, 2.75) is 26.4 Å². The highest BCUT2D eigenvalue weighted by atomic mass is 16.6. The first-order chi connectivity index (χ1) is 7.22. The van der Waals surface area contributed by atoms with E-state index >= 15 is 0 Å². The number of rotatable bonds is 7. The molecule has 0 saturated carbocycles. The maximum Gasteiger partial charge on any atom is 0.393 e. The fraction of sp³-hybridized carbons (Fsp3) is 0.700. The van der Waals surface area contributed by atoms with Crippen LogP contribution in [0, 0.1) is 0 Å². The molecule has 0 amide bonds. The van der Waals surface area contributed by atoms with E-state index in [0.717, 1.165) is 5.69 Å². The van der Waals surface area contributed by atoms with Crippen LogP contribution in [0.4, 0.5) is 0 Å². The van der Waals surface area contributed by atoms with Gasteiger partial charge < -0.3 is 19.2 Å². The van der Waals surface area contributed by atoms with Gasteiger partial charge in [0.2, 0.25) is 0 Å². The minimum Gasteiger partial charge on any atom is -0.448 e. The summed E-state index contributed by atoms with van der Waals surface area (Å²) in [6.45, 7) is 5.83. The lowest BCUT2D eigenvalue weighted by molar-refractivity contribution is 0.126. The average Bonchev–Trinajstić information content (AvgIpc) is 2.63. The molecule has 0 radical (unpaired) electrons. The SMILES string of the molecule is COCCOc1nc(CNC(C)C)co1. The van der Waals surface area contributed by atoms with Crippen molar-refractivity contribution in [3.63, 3.8) is 0 Å². The lowest BCUT2D eigenvalue weighted by Crippen LogP contribution is -2.21. The third kappa shape index (κ3) is 4.80. The van der Waals surface area contributed by atoms with Gasteiger partial charge >= 0.3 is 6.08 Å². The summed E-state index contributed by atoms with van der Waals surface area (Å²) in [6, 6.07) is 0.430. The standard InChI is InChI=1S/C10H18N2O3/c1-8(2)11-6-9-7-15-10(12-9)14-5-4-13-3/h7-8,11H,4-6H2,1-3H3. The average molecular weight is 214 g/mol. The molecule has 0 aliphatic rings. The van der Waals surface area contributed by atoms with Crippen molar-refractivity contribution < 1.29 is 13.9 Å². The fourth-order valence-electron chi connectivity index (χ4n) is 0.957. The molecule has 1 rings (SSSR count). The van der Waals surface area contributed by atoms with E-state index in [9.17, 15) is 0 Å². The Balaban J connectivity index is 2.29. The molecule has 0 saturated heterocycles. The first kappa shape index (κ1) is 12.0. The van der Waals surface area contributed by atoms with E-state index in [2.05, 4.69) is 24.1 Å². The van der Waals surface area contributed by atoms with Gasteiger partial charge in [0.25, 0.3) is 0 Å². The van der Waals surface area contributed by atoms with Crippen LogP contribution in [0.25, 0.3) is 0 Å². The molecule has 0 aliphatic carbocycles. The van der Waals surface area contributed by atoms with Gasteiger partial charge in [-0.05, 0) is 0 Å². The van der Waals surface area contributed by atoms with E-state index in [4.69, 9.17) is 13.9 Å². The highest BCUT2D eigenvalue weighted by Gasteiger charge is 2.04. The van der Waals surface area contributed by atoms with Crippen molar-refractivity contribution in [3.8, 4) is 6.08 Å². The van der Waals surface area contributed by atoms with Crippen LogP contribution in [0.3, 0.4) is 0 Å². The maximum absolute atomic E-state index is 5.20. The summed E-state index contributed by atoms with van der Waals surface area (Å²) < 4.78 is 15.2. The predicted molar refractivity (Wildman–Crippen MR) is 55.8 cm³/mol. The van der Waals surface area contributed by atoms with Crippen molar-refractivity contribution in [1.29, 1.82) is 0 Å². The topological polar surface area (TPSA) is 56.5 Å². The van der Waals surface area contributed by atoms with Gasteiger partial charge in [0, 0.05) is 19.7 Å². The van der Waals surface area contributed by atoms with Crippen LogP contribution in [0.5, 0.6) is 6.08 Å². The van der Waals surface area contributed by atoms with E-state index in [1.54, 1.807) is 13.4 Å². The van der Waals surface area contributed by atoms with E-state index in [-0.39, 0.29) is 0 Å². The Labute approximate surface area is 89.8 Å². The lowest BCUT2D eigenvalue weighted by Gasteiger charge is -2.04. The minimum absolute atomic E-state index is 0.299. The Hall–Kier alpha value is -1.07. The second-order valence-electron chi connectivity index (χ2n) is 3.48. The Morgan fingerprint density at radius 3 is 2.93 bits per heavy atom. The number of hydrogen-bond donors (Lipinski definition) is 1. The fourth-order valence-corrected chi connectivity index (χ4v) is 0.957. The number of ether oxygens (including phenoxy) is 2. The quantitative estimate of drug-likeness (QED) is 0.691. The molecule has 5 heteroatoms. The molecule has 1 heterocycles. The van der Waals surface area contributed by atoms with Crippen molar-refractivity contribution >= 4 is 0 Å². The van der Waals surface area contributed by atoms with Gasteiger partial charge in [-0.25, -0.2) is 0 Å².